The van der Waals surface area contributed by atoms with Crippen molar-refractivity contribution in [1.82, 2.24) is 4.90 Å². The van der Waals surface area contributed by atoms with Crippen LogP contribution in [0.2, 0.25) is 0 Å². The highest BCUT2D eigenvalue weighted by Gasteiger charge is 2.24. The molecule has 172 valence electrons. The first kappa shape index (κ1) is 22.5. The summed E-state index contributed by atoms with van der Waals surface area (Å²) in [5.74, 6) is 1.80. The maximum Gasteiger partial charge on any atom is 0.253 e. The third-order valence-corrected chi connectivity index (χ3v) is 5.74. The second kappa shape index (κ2) is 10.3. The highest BCUT2D eigenvalue weighted by atomic mass is 19.1. The maximum atomic E-state index is 14.1. The van der Waals surface area contributed by atoms with Gasteiger partial charge in [-0.3, -0.25) is 4.79 Å². The highest BCUT2D eigenvalue weighted by molar-refractivity contribution is 5.94. The molecule has 1 saturated heterocycles. The average molecular weight is 451 g/mol. The van der Waals surface area contributed by atoms with E-state index in [1.54, 1.807) is 43.4 Å². The number of carbonyl (C=O) groups excluding carboxylic acids is 1. The number of carbonyl (C=O) groups is 1. The minimum Gasteiger partial charge on any atom is -0.497 e. The van der Waals surface area contributed by atoms with E-state index in [9.17, 15) is 9.18 Å². The van der Waals surface area contributed by atoms with E-state index in [0.29, 0.717) is 48.9 Å². The van der Waals surface area contributed by atoms with Gasteiger partial charge in [0.15, 0.2) is 0 Å². The van der Waals surface area contributed by atoms with Crippen molar-refractivity contribution in [2.75, 3.05) is 45.3 Å². The van der Waals surface area contributed by atoms with Crippen LogP contribution in [-0.2, 0) is 6.61 Å². The molecule has 33 heavy (non-hydrogen) atoms. The number of methoxy groups -OCH3 is 2. The molecule has 6 nitrogen and oxygen atoms in total. The molecule has 1 fully saturated rings. The number of para-hydroxylation sites is 1. The van der Waals surface area contributed by atoms with Crippen LogP contribution in [0.5, 0.6) is 17.2 Å². The van der Waals surface area contributed by atoms with Gasteiger partial charge in [0.1, 0.15) is 29.7 Å². The number of hydrogen-bond acceptors (Lipinski definition) is 5. The van der Waals surface area contributed by atoms with Crippen molar-refractivity contribution in [2.45, 2.75) is 6.61 Å². The molecule has 3 aromatic carbocycles. The summed E-state index contributed by atoms with van der Waals surface area (Å²) < 4.78 is 30.6. The van der Waals surface area contributed by atoms with E-state index < -0.39 is 0 Å². The molecule has 0 radical (unpaired) electrons. The van der Waals surface area contributed by atoms with Crippen molar-refractivity contribution in [3.63, 3.8) is 0 Å². The van der Waals surface area contributed by atoms with Crippen molar-refractivity contribution in [1.29, 1.82) is 0 Å². The van der Waals surface area contributed by atoms with Gasteiger partial charge in [-0.2, -0.15) is 0 Å². The lowest BCUT2D eigenvalue weighted by Crippen LogP contribution is -2.49. The molecule has 0 atom stereocenters. The molecule has 1 aliphatic rings. The topological polar surface area (TPSA) is 51.2 Å². The molecule has 3 aromatic rings. The molecule has 0 aliphatic carbocycles. The van der Waals surface area contributed by atoms with E-state index in [1.807, 2.05) is 41.3 Å². The van der Waals surface area contributed by atoms with Gasteiger partial charge in [-0.05, 0) is 54.6 Å². The number of rotatable bonds is 7. The summed E-state index contributed by atoms with van der Waals surface area (Å²) in [5.41, 5.74) is 1.93. The fourth-order valence-corrected chi connectivity index (χ4v) is 3.90. The van der Waals surface area contributed by atoms with Crippen molar-refractivity contribution in [2.24, 2.45) is 0 Å². The second-order valence-electron chi connectivity index (χ2n) is 7.72. The summed E-state index contributed by atoms with van der Waals surface area (Å²) in [5, 5.41) is 0. The average Bonchev–Trinajstić information content (AvgIpc) is 2.87. The Morgan fingerprint density at radius 3 is 2.24 bits per heavy atom. The Bertz CT molecular complexity index is 1100. The third-order valence-electron chi connectivity index (χ3n) is 5.74. The number of anilines is 1. The molecular weight excluding hydrogens is 423 g/mol. The zero-order chi connectivity index (χ0) is 23.2. The minimum absolute atomic E-state index is 0.0588. The fraction of sp³-hybridized carbons (Fsp3) is 0.269. The standard InChI is InChI=1S/C26H27FN2O4/c1-31-21-8-10-22(11-9-21)33-18-20-17-19(7-12-25(20)32-2)26(30)29-15-13-28(14-16-29)24-6-4-3-5-23(24)27/h3-12,17H,13-16,18H2,1-2H3. The normalized spacial score (nSPS) is 13.5. The van der Waals surface area contributed by atoms with Crippen molar-refractivity contribution in [3.8, 4) is 17.2 Å². The summed E-state index contributed by atoms with van der Waals surface area (Å²) in [4.78, 5) is 16.9. The van der Waals surface area contributed by atoms with Gasteiger partial charge < -0.3 is 24.0 Å². The second-order valence-corrected chi connectivity index (χ2v) is 7.72. The molecule has 0 aromatic heterocycles. The first-order valence-electron chi connectivity index (χ1n) is 10.8. The van der Waals surface area contributed by atoms with Gasteiger partial charge in [0, 0.05) is 37.3 Å². The van der Waals surface area contributed by atoms with E-state index in [1.165, 1.54) is 6.07 Å². The summed E-state index contributed by atoms with van der Waals surface area (Å²) in [7, 11) is 3.21. The smallest absolute Gasteiger partial charge is 0.253 e. The van der Waals surface area contributed by atoms with Crippen LogP contribution >= 0.6 is 0 Å². The van der Waals surface area contributed by atoms with E-state index in [-0.39, 0.29) is 18.3 Å². The largest absolute Gasteiger partial charge is 0.497 e. The number of hydrogen-bond donors (Lipinski definition) is 0. The van der Waals surface area contributed by atoms with Gasteiger partial charge in [-0.15, -0.1) is 0 Å². The van der Waals surface area contributed by atoms with Crippen molar-refractivity contribution < 1.29 is 23.4 Å². The monoisotopic (exact) mass is 450 g/mol. The van der Waals surface area contributed by atoms with Crippen molar-refractivity contribution >= 4 is 11.6 Å². The zero-order valence-electron chi connectivity index (χ0n) is 18.8. The summed E-state index contributed by atoms with van der Waals surface area (Å²) in [6.07, 6.45) is 0. The maximum absolute atomic E-state index is 14.1. The van der Waals surface area contributed by atoms with Crippen LogP contribution in [0.1, 0.15) is 15.9 Å². The molecule has 1 amide bonds. The first-order valence-corrected chi connectivity index (χ1v) is 10.8. The van der Waals surface area contributed by atoms with E-state index in [0.717, 1.165) is 11.3 Å². The molecule has 1 aliphatic heterocycles. The Morgan fingerprint density at radius 1 is 0.879 bits per heavy atom. The lowest BCUT2D eigenvalue weighted by molar-refractivity contribution is 0.0746. The van der Waals surface area contributed by atoms with E-state index >= 15 is 0 Å². The van der Waals surface area contributed by atoms with Crippen LogP contribution in [-0.4, -0.2) is 51.2 Å². The van der Waals surface area contributed by atoms with Crippen LogP contribution in [0, 0.1) is 5.82 Å². The lowest BCUT2D eigenvalue weighted by Gasteiger charge is -2.36. The summed E-state index contributed by atoms with van der Waals surface area (Å²) in [6.45, 7) is 2.47. The van der Waals surface area contributed by atoms with Crippen LogP contribution in [0.15, 0.2) is 66.7 Å². The quantitative estimate of drug-likeness (QED) is 0.535. The number of nitrogens with zero attached hydrogens (tertiary/aromatic N) is 2. The Hall–Kier alpha value is -3.74. The molecule has 1 heterocycles. The van der Waals surface area contributed by atoms with Gasteiger partial charge in [-0.25, -0.2) is 4.39 Å². The van der Waals surface area contributed by atoms with E-state index in [2.05, 4.69) is 0 Å². The van der Waals surface area contributed by atoms with Crippen LogP contribution in [0.25, 0.3) is 0 Å². The number of ether oxygens (including phenoxy) is 3. The third kappa shape index (κ3) is 5.19. The fourth-order valence-electron chi connectivity index (χ4n) is 3.90. The number of amides is 1. The van der Waals surface area contributed by atoms with Gasteiger partial charge in [0.05, 0.1) is 19.9 Å². The predicted octanol–water partition coefficient (Wildman–Crippen LogP) is 4.38. The Balaban J connectivity index is 1.42. The SMILES string of the molecule is COc1ccc(OCc2cc(C(=O)N3CCN(c4ccccc4F)CC3)ccc2OC)cc1. The number of piperazine rings is 1. The number of halogens is 1. The number of benzene rings is 3. The molecule has 0 bridgehead atoms. The van der Waals surface area contributed by atoms with Crippen LogP contribution in [0.4, 0.5) is 10.1 Å². The molecule has 0 spiro atoms. The Labute approximate surface area is 193 Å². The molecule has 7 heteroatoms. The molecule has 0 unspecified atom stereocenters. The van der Waals surface area contributed by atoms with Crippen molar-refractivity contribution in [3.05, 3.63) is 83.7 Å². The van der Waals surface area contributed by atoms with Gasteiger partial charge in [-0.1, -0.05) is 12.1 Å². The Kier molecular flexibility index (Phi) is 6.98. The van der Waals surface area contributed by atoms with Crippen LogP contribution in [0.3, 0.4) is 0 Å². The predicted molar refractivity (Wildman–Crippen MR) is 125 cm³/mol. The highest BCUT2D eigenvalue weighted by Crippen LogP contribution is 2.25. The zero-order valence-corrected chi connectivity index (χ0v) is 18.8. The summed E-state index contributed by atoms with van der Waals surface area (Å²) >= 11 is 0. The minimum atomic E-state index is -0.242. The van der Waals surface area contributed by atoms with Gasteiger partial charge >= 0.3 is 0 Å². The van der Waals surface area contributed by atoms with E-state index in [4.69, 9.17) is 14.2 Å². The first-order chi connectivity index (χ1) is 16.1. The lowest BCUT2D eigenvalue weighted by atomic mass is 10.1. The molecule has 4 rings (SSSR count). The summed E-state index contributed by atoms with van der Waals surface area (Å²) in [6, 6.07) is 19.4. The van der Waals surface area contributed by atoms with Gasteiger partial charge in [0.2, 0.25) is 0 Å². The molecule has 0 N–H and O–H groups in total. The molecule has 0 saturated carbocycles. The molecular formula is C26H27FN2O4. The van der Waals surface area contributed by atoms with Crippen LogP contribution < -0.4 is 19.1 Å². The Morgan fingerprint density at radius 2 is 1.58 bits per heavy atom. The van der Waals surface area contributed by atoms with Gasteiger partial charge in [0.25, 0.3) is 5.91 Å².